The number of carbonyl (C=O) groups excluding carboxylic acids is 2. The lowest BCUT2D eigenvalue weighted by molar-refractivity contribution is -0.152. The van der Waals surface area contributed by atoms with Crippen LogP contribution in [0.3, 0.4) is 0 Å². The van der Waals surface area contributed by atoms with Crippen LogP contribution < -0.4 is 15.0 Å². The number of fused-ring (bicyclic) bond motifs is 1. The number of rotatable bonds is 6. The maximum atomic E-state index is 13.5. The van der Waals surface area contributed by atoms with Crippen molar-refractivity contribution >= 4 is 29.3 Å². The molecule has 0 radical (unpaired) electrons. The van der Waals surface area contributed by atoms with E-state index in [9.17, 15) is 14.7 Å². The highest BCUT2D eigenvalue weighted by Crippen LogP contribution is 2.47. The maximum absolute atomic E-state index is 13.5. The predicted molar refractivity (Wildman–Crippen MR) is 112 cm³/mol. The fourth-order valence-corrected chi connectivity index (χ4v) is 4.55. The van der Waals surface area contributed by atoms with E-state index in [2.05, 4.69) is 5.32 Å². The molecular formula is C21H24N2O5S. The molecule has 0 bridgehead atoms. The van der Waals surface area contributed by atoms with Crippen molar-refractivity contribution in [1.82, 2.24) is 5.32 Å². The average Bonchev–Trinajstić information content (AvgIpc) is 2.81. The van der Waals surface area contributed by atoms with Crippen LogP contribution in [0.25, 0.3) is 0 Å². The van der Waals surface area contributed by atoms with E-state index in [0.717, 1.165) is 10.5 Å². The smallest absolute Gasteiger partial charge is 0.303 e. The first-order valence-corrected chi connectivity index (χ1v) is 10.1. The van der Waals surface area contributed by atoms with E-state index in [1.165, 1.54) is 18.7 Å². The predicted octanol–water partition coefficient (Wildman–Crippen LogP) is 2.73. The summed E-state index contributed by atoms with van der Waals surface area (Å²) in [7, 11) is 3.39. The fraction of sp³-hybridized carbons (Fsp3) is 0.333. The molecule has 3 rings (SSSR count). The molecule has 7 nitrogen and oxygen atoms in total. The molecule has 2 N–H and O–H groups in total. The molecule has 8 heteroatoms. The van der Waals surface area contributed by atoms with Crippen molar-refractivity contribution in [1.29, 1.82) is 0 Å². The number of nitrogens with one attached hydrogen (secondary N) is 1. The van der Waals surface area contributed by atoms with Gasteiger partial charge in [0.05, 0.1) is 18.0 Å². The summed E-state index contributed by atoms with van der Waals surface area (Å²) in [5.74, 6) is -0.0221. The Kier molecular flexibility index (Phi) is 6.66. The highest BCUT2D eigenvalue weighted by molar-refractivity contribution is 7.99. The molecule has 0 aliphatic carbocycles. The van der Waals surface area contributed by atoms with E-state index in [0.29, 0.717) is 24.5 Å². The van der Waals surface area contributed by atoms with Gasteiger partial charge in [0.2, 0.25) is 0 Å². The molecule has 154 valence electrons. The number of esters is 1. The highest BCUT2D eigenvalue weighted by atomic mass is 32.2. The van der Waals surface area contributed by atoms with Crippen molar-refractivity contribution in [2.45, 2.75) is 23.2 Å². The molecule has 0 fully saturated rings. The molecule has 2 aromatic rings. The molecule has 1 heterocycles. The van der Waals surface area contributed by atoms with Crippen LogP contribution >= 0.6 is 11.8 Å². The van der Waals surface area contributed by atoms with Crippen LogP contribution in [0.5, 0.6) is 11.5 Å². The van der Waals surface area contributed by atoms with Crippen molar-refractivity contribution in [3.63, 3.8) is 0 Å². The number of aromatic hydroxyl groups is 1. The van der Waals surface area contributed by atoms with Crippen LogP contribution in [0.2, 0.25) is 0 Å². The molecule has 0 unspecified atom stereocenters. The van der Waals surface area contributed by atoms with Gasteiger partial charge in [-0.15, -0.1) is 11.8 Å². The first kappa shape index (κ1) is 21.0. The molecule has 0 spiro atoms. The fourth-order valence-electron chi connectivity index (χ4n) is 3.20. The second-order valence-corrected chi connectivity index (χ2v) is 7.77. The van der Waals surface area contributed by atoms with Crippen molar-refractivity contribution in [3.05, 3.63) is 48.0 Å². The monoisotopic (exact) mass is 416 g/mol. The standard InChI is InChI=1S/C21H24N2O5S/c1-13(24)28-19-20(14-4-7-16(27-3)8-5-14)29-18-12-15(25)6-9-17(18)23(21(19)26)11-10-22-2/h4-9,12,19-20,22,25H,10-11H2,1-3H3/t19-,20+/m0/s1. The van der Waals surface area contributed by atoms with Crippen LogP contribution in [-0.4, -0.2) is 50.3 Å². The zero-order chi connectivity index (χ0) is 21.0. The van der Waals surface area contributed by atoms with E-state index in [4.69, 9.17) is 9.47 Å². The second-order valence-electron chi connectivity index (χ2n) is 6.59. The summed E-state index contributed by atoms with van der Waals surface area (Å²) in [6.07, 6.45) is -1.00. The van der Waals surface area contributed by atoms with Crippen molar-refractivity contribution < 1.29 is 24.2 Å². The molecule has 0 aromatic heterocycles. The third-order valence-corrected chi connectivity index (χ3v) is 5.95. The van der Waals surface area contributed by atoms with Gasteiger partial charge in [-0.05, 0) is 42.9 Å². The Balaban J connectivity index is 2.10. The van der Waals surface area contributed by atoms with Gasteiger partial charge in [0.1, 0.15) is 11.5 Å². The maximum Gasteiger partial charge on any atom is 0.303 e. The Hall–Kier alpha value is -2.71. The van der Waals surface area contributed by atoms with E-state index in [1.54, 1.807) is 49.4 Å². The number of benzene rings is 2. The summed E-state index contributed by atoms with van der Waals surface area (Å²) in [5, 5.41) is 12.6. The number of methoxy groups -OCH3 is 1. The minimum atomic E-state index is -1.00. The first-order chi connectivity index (χ1) is 13.9. The summed E-state index contributed by atoms with van der Waals surface area (Å²) < 4.78 is 10.7. The van der Waals surface area contributed by atoms with Gasteiger partial charge in [0, 0.05) is 24.9 Å². The number of nitrogens with zero attached hydrogens (tertiary/aromatic N) is 1. The molecule has 2 aromatic carbocycles. The topological polar surface area (TPSA) is 88.1 Å². The number of hydrogen-bond acceptors (Lipinski definition) is 7. The lowest BCUT2D eigenvalue weighted by Crippen LogP contribution is -2.45. The van der Waals surface area contributed by atoms with Gasteiger partial charge in [0.25, 0.3) is 5.91 Å². The highest BCUT2D eigenvalue weighted by Gasteiger charge is 2.40. The van der Waals surface area contributed by atoms with Gasteiger partial charge in [-0.25, -0.2) is 0 Å². The number of anilines is 1. The Bertz CT molecular complexity index is 887. The summed E-state index contributed by atoms with van der Waals surface area (Å²) in [5.41, 5.74) is 1.50. The van der Waals surface area contributed by atoms with E-state index >= 15 is 0 Å². The normalized spacial score (nSPS) is 18.7. The number of thioether (sulfide) groups is 1. The molecule has 1 aliphatic heterocycles. The lowest BCUT2D eigenvalue weighted by Gasteiger charge is -2.27. The Labute approximate surface area is 174 Å². The summed E-state index contributed by atoms with van der Waals surface area (Å²) >= 11 is 1.39. The van der Waals surface area contributed by atoms with Crippen molar-refractivity contribution in [3.8, 4) is 11.5 Å². The van der Waals surface area contributed by atoms with Crippen molar-refractivity contribution in [2.75, 3.05) is 32.1 Å². The molecule has 0 saturated carbocycles. The third-order valence-electron chi connectivity index (χ3n) is 4.60. The number of phenolic OH excluding ortho intramolecular Hbond substituents is 1. The van der Waals surface area contributed by atoms with Crippen LogP contribution in [0, 0.1) is 0 Å². The third kappa shape index (κ3) is 4.65. The van der Waals surface area contributed by atoms with E-state index in [-0.39, 0.29) is 11.7 Å². The largest absolute Gasteiger partial charge is 0.508 e. The Morgan fingerprint density at radius 2 is 1.97 bits per heavy atom. The number of amides is 1. The van der Waals surface area contributed by atoms with Crippen LogP contribution in [0.1, 0.15) is 17.7 Å². The molecule has 1 amide bonds. The number of phenols is 1. The molecular weight excluding hydrogens is 392 g/mol. The minimum absolute atomic E-state index is 0.108. The SMILES string of the molecule is CNCCN1C(=O)[C@@H](OC(C)=O)[C@@H](c2ccc(OC)cc2)Sc2cc(O)ccc21. The van der Waals surface area contributed by atoms with Gasteiger partial charge in [-0.1, -0.05) is 12.1 Å². The second kappa shape index (κ2) is 9.19. The van der Waals surface area contributed by atoms with Crippen LogP contribution in [0.4, 0.5) is 5.69 Å². The van der Waals surface area contributed by atoms with Gasteiger partial charge < -0.3 is 24.8 Å². The molecule has 2 atom stereocenters. The van der Waals surface area contributed by atoms with Gasteiger partial charge in [0.15, 0.2) is 6.10 Å². The van der Waals surface area contributed by atoms with Crippen LogP contribution in [0.15, 0.2) is 47.4 Å². The number of ether oxygens (including phenoxy) is 2. The average molecular weight is 416 g/mol. The molecule has 0 saturated heterocycles. The number of hydrogen-bond donors (Lipinski definition) is 2. The quantitative estimate of drug-likeness (QED) is 0.700. The Morgan fingerprint density at radius 1 is 1.24 bits per heavy atom. The lowest BCUT2D eigenvalue weighted by atomic mass is 10.1. The van der Waals surface area contributed by atoms with Gasteiger partial charge in [-0.3, -0.25) is 9.59 Å². The number of carbonyl (C=O) groups is 2. The Morgan fingerprint density at radius 3 is 2.59 bits per heavy atom. The molecule has 29 heavy (non-hydrogen) atoms. The number of likely N-dealkylation sites (N-methyl/N-ethyl adjacent to an activating group) is 1. The zero-order valence-electron chi connectivity index (χ0n) is 16.5. The summed E-state index contributed by atoms with van der Waals surface area (Å²) in [6.45, 7) is 2.27. The summed E-state index contributed by atoms with van der Waals surface area (Å²) in [6, 6.07) is 12.2. The van der Waals surface area contributed by atoms with E-state index in [1.807, 2.05) is 12.1 Å². The van der Waals surface area contributed by atoms with Gasteiger partial charge in [-0.2, -0.15) is 0 Å². The first-order valence-electron chi connectivity index (χ1n) is 9.21. The van der Waals surface area contributed by atoms with Crippen LogP contribution in [-0.2, 0) is 14.3 Å². The minimum Gasteiger partial charge on any atom is -0.508 e. The van der Waals surface area contributed by atoms with Crippen molar-refractivity contribution in [2.24, 2.45) is 0 Å². The summed E-state index contributed by atoms with van der Waals surface area (Å²) in [4.78, 5) is 27.6. The molecule has 1 aliphatic rings. The van der Waals surface area contributed by atoms with E-state index < -0.39 is 17.3 Å². The van der Waals surface area contributed by atoms with Gasteiger partial charge >= 0.3 is 5.97 Å². The zero-order valence-corrected chi connectivity index (χ0v) is 17.4.